The summed E-state index contributed by atoms with van der Waals surface area (Å²) >= 11 is 5.79. The van der Waals surface area contributed by atoms with Gasteiger partial charge in [0.25, 0.3) is 0 Å². The van der Waals surface area contributed by atoms with Crippen LogP contribution in [0.5, 0.6) is 5.75 Å². The lowest BCUT2D eigenvalue weighted by Gasteiger charge is -2.11. The van der Waals surface area contributed by atoms with Crippen LogP contribution in [0, 0.1) is 0 Å². The number of hydrogen-bond acceptors (Lipinski definition) is 4. The van der Waals surface area contributed by atoms with Crippen molar-refractivity contribution in [3.05, 3.63) is 59.1 Å². The molecule has 0 unspecified atom stereocenters. The van der Waals surface area contributed by atoms with Crippen molar-refractivity contribution in [3.63, 3.8) is 0 Å². The van der Waals surface area contributed by atoms with E-state index in [1.165, 1.54) is 0 Å². The van der Waals surface area contributed by atoms with E-state index in [0.717, 1.165) is 0 Å². The molecule has 6 heteroatoms. The molecule has 0 fully saturated rings. The van der Waals surface area contributed by atoms with Gasteiger partial charge in [-0.15, -0.1) is 0 Å². The predicted molar refractivity (Wildman–Crippen MR) is 92.6 cm³/mol. The Morgan fingerprint density at radius 2 is 1.79 bits per heavy atom. The first-order chi connectivity index (χ1) is 11.6. The van der Waals surface area contributed by atoms with Crippen LogP contribution in [0.15, 0.2) is 48.5 Å². The topological polar surface area (TPSA) is 64.6 Å². The number of esters is 1. The maximum Gasteiger partial charge on any atom is 0.340 e. The lowest BCUT2D eigenvalue weighted by molar-refractivity contribution is -0.116. The zero-order chi connectivity index (χ0) is 17.4. The number of ether oxygens (including phenoxy) is 2. The number of benzene rings is 2. The maximum atomic E-state index is 12.0. The van der Waals surface area contributed by atoms with Gasteiger partial charge in [-0.2, -0.15) is 0 Å². The summed E-state index contributed by atoms with van der Waals surface area (Å²) in [4.78, 5) is 23.9. The van der Waals surface area contributed by atoms with Crippen LogP contribution in [0.25, 0.3) is 0 Å². The van der Waals surface area contributed by atoms with Gasteiger partial charge in [-0.05, 0) is 43.3 Å². The van der Waals surface area contributed by atoms with Crippen LogP contribution in [0.4, 0.5) is 5.69 Å². The molecule has 5 nitrogen and oxygen atoms in total. The van der Waals surface area contributed by atoms with Crippen molar-refractivity contribution in [2.24, 2.45) is 0 Å². The van der Waals surface area contributed by atoms with E-state index in [-0.39, 0.29) is 25.5 Å². The molecule has 0 aliphatic carbocycles. The molecule has 2 aromatic rings. The molecular formula is C18H18ClNO4. The van der Waals surface area contributed by atoms with Crippen LogP contribution in [-0.2, 0) is 9.53 Å². The highest BCUT2D eigenvalue weighted by atomic mass is 35.5. The average Bonchev–Trinajstić information content (AvgIpc) is 2.57. The van der Waals surface area contributed by atoms with Crippen molar-refractivity contribution < 1.29 is 19.1 Å². The zero-order valence-corrected chi connectivity index (χ0v) is 14.0. The number of nitrogens with one attached hydrogen (secondary N) is 1. The van der Waals surface area contributed by atoms with Crippen molar-refractivity contribution in [1.82, 2.24) is 0 Å². The Kier molecular flexibility index (Phi) is 6.63. The molecule has 0 bridgehead atoms. The number of para-hydroxylation sites is 1. The van der Waals surface area contributed by atoms with Crippen molar-refractivity contribution in [1.29, 1.82) is 0 Å². The number of hydrogen-bond donors (Lipinski definition) is 1. The number of carbonyl (C=O) groups is 2. The van der Waals surface area contributed by atoms with Crippen LogP contribution in [0.1, 0.15) is 23.7 Å². The summed E-state index contributed by atoms with van der Waals surface area (Å²) < 4.78 is 10.4. The molecule has 0 saturated carbocycles. The van der Waals surface area contributed by atoms with Crippen molar-refractivity contribution in [2.45, 2.75) is 13.3 Å². The van der Waals surface area contributed by atoms with Gasteiger partial charge in [-0.3, -0.25) is 4.79 Å². The Labute approximate surface area is 145 Å². The first-order valence-corrected chi connectivity index (χ1v) is 7.92. The van der Waals surface area contributed by atoms with Gasteiger partial charge in [0.15, 0.2) is 0 Å². The molecule has 24 heavy (non-hydrogen) atoms. The number of amides is 1. The molecule has 0 radical (unpaired) electrons. The van der Waals surface area contributed by atoms with E-state index in [2.05, 4.69) is 5.32 Å². The van der Waals surface area contributed by atoms with Gasteiger partial charge in [0.05, 0.1) is 30.9 Å². The van der Waals surface area contributed by atoms with Gasteiger partial charge in [-0.25, -0.2) is 4.79 Å². The Bertz CT molecular complexity index is 700. The largest absolute Gasteiger partial charge is 0.493 e. The summed E-state index contributed by atoms with van der Waals surface area (Å²) in [6.45, 7) is 2.22. The summed E-state index contributed by atoms with van der Waals surface area (Å²) in [5, 5.41) is 3.33. The third-order valence-electron chi connectivity index (χ3n) is 3.11. The van der Waals surface area contributed by atoms with Gasteiger partial charge in [-0.1, -0.05) is 23.7 Å². The third kappa shape index (κ3) is 5.28. The highest BCUT2D eigenvalue weighted by Crippen LogP contribution is 2.17. The van der Waals surface area contributed by atoms with Crippen LogP contribution in [0.3, 0.4) is 0 Å². The Morgan fingerprint density at radius 3 is 2.50 bits per heavy atom. The molecule has 0 saturated heterocycles. The summed E-state index contributed by atoms with van der Waals surface area (Å²) in [6, 6.07) is 13.6. The van der Waals surface area contributed by atoms with Gasteiger partial charge >= 0.3 is 5.97 Å². The second-order valence-electron chi connectivity index (χ2n) is 4.87. The number of carbonyl (C=O) groups excluding carboxylic acids is 2. The van der Waals surface area contributed by atoms with Crippen LogP contribution >= 0.6 is 11.6 Å². The first-order valence-electron chi connectivity index (χ1n) is 7.54. The van der Waals surface area contributed by atoms with Crippen molar-refractivity contribution in [2.75, 3.05) is 18.5 Å². The van der Waals surface area contributed by atoms with Gasteiger partial charge in [0.1, 0.15) is 5.75 Å². The Balaban J connectivity index is 1.88. The molecule has 126 valence electrons. The molecule has 0 heterocycles. The SMILES string of the molecule is CCOC(=O)c1ccccc1NC(=O)CCOc1ccc(Cl)cc1. The van der Waals surface area contributed by atoms with E-state index >= 15 is 0 Å². The van der Waals surface area contributed by atoms with Gasteiger partial charge in [0, 0.05) is 5.02 Å². The van der Waals surface area contributed by atoms with Crippen molar-refractivity contribution >= 4 is 29.2 Å². The quantitative estimate of drug-likeness (QED) is 0.771. The molecular weight excluding hydrogens is 330 g/mol. The summed E-state index contributed by atoms with van der Waals surface area (Å²) in [5.74, 6) is -0.0781. The first kappa shape index (κ1) is 17.8. The lowest BCUT2D eigenvalue weighted by atomic mass is 10.1. The van der Waals surface area contributed by atoms with Crippen LogP contribution < -0.4 is 10.1 Å². The fraction of sp³-hybridized carbons (Fsp3) is 0.222. The third-order valence-corrected chi connectivity index (χ3v) is 3.36. The standard InChI is InChI=1S/C18H18ClNO4/c1-2-23-18(22)15-5-3-4-6-16(15)20-17(21)11-12-24-14-9-7-13(19)8-10-14/h3-10H,2,11-12H2,1H3,(H,20,21). The summed E-state index contributed by atoms with van der Waals surface area (Å²) in [6.07, 6.45) is 0.153. The van der Waals surface area contributed by atoms with E-state index in [1.54, 1.807) is 55.5 Å². The van der Waals surface area contributed by atoms with E-state index in [9.17, 15) is 9.59 Å². The van der Waals surface area contributed by atoms with E-state index in [4.69, 9.17) is 21.1 Å². The van der Waals surface area contributed by atoms with Crippen LogP contribution in [-0.4, -0.2) is 25.1 Å². The molecule has 1 amide bonds. The highest BCUT2D eigenvalue weighted by molar-refractivity contribution is 6.30. The van der Waals surface area contributed by atoms with Crippen molar-refractivity contribution in [3.8, 4) is 5.75 Å². The van der Waals surface area contributed by atoms with Gasteiger partial charge in [0.2, 0.25) is 5.91 Å². The summed E-state index contributed by atoms with van der Waals surface area (Å²) in [5.41, 5.74) is 0.749. The van der Waals surface area contributed by atoms with E-state index in [1.807, 2.05) is 0 Å². The highest BCUT2D eigenvalue weighted by Gasteiger charge is 2.13. The molecule has 0 atom stereocenters. The molecule has 0 aliphatic rings. The Hall–Kier alpha value is -2.53. The molecule has 0 spiro atoms. The zero-order valence-electron chi connectivity index (χ0n) is 13.3. The lowest BCUT2D eigenvalue weighted by Crippen LogP contribution is -2.18. The summed E-state index contributed by atoms with van der Waals surface area (Å²) in [7, 11) is 0. The monoisotopic (exact) mass is 347 g/mol. The fourth-order valence-corrected chi connectivity index (χ4v) is 2.11. The Morgan fingerprint density at radius 1 is 1.08 bits per heavy atom. The number of halogens is 1. The molecule has 2 rings (SSSR count). The number of anilines is 1. The van der Waals surface area contributed by atoms with E-state index in [0.29, 0.717) is 22.0 Å². The molecule has 2 aromatic carbocycles. The second-order valence-corrected chi connectivity index (χ2v) is 5.30. The normalized spacial score (nSPS) is 10.1. The molecule has 1 N–H and O–H groups in total. The molecule has 0 aliphatic heterocycles. The minimum atomic E-state index is -0.467. The minimum absolute atomic E-state index is 0.153. The average molecular weight is 348 g/mol. The minimum Gasteiger partial charge on any atom is -0.493 e. The van der Waals surface area contributed by atoms with Crippen LogP contribution in [0.2, 0.25) is 5.02 Å². The second kappa shape index (κ2) is 8.93. The maximum absolute atomic E-state index is 12.0. The smallest absolute Gasteiger partial charge is 0.340 e. The molecule has 0 aromatic heterocycles. The predicted octanol–water partition coefficient (Wildman–Crippen LogP) is 3.92. The van der Waals surface area contributed by atoms with Gasteiger partial charge < -0.3 is 14.8 Å². The fourth-order valence-electron chi connectivity index (χ4n) is 1.98. The number of rotatable bonds is 7. The van der Waals surface area contributed by atoms with E-state index < -0.39 is 5.97 Å².